The minimum Gasteiger partial charge on any atom is -0.378 e. The predicted molar refractivity (Wildman–Crippen MR) is 101 cm³/mol. The summed E-state index contributed by atoms with van der Waals surface area (Å²) >= 11 is 6.92. The summed E-state index contributed by atoms with van der Waals surface area (Å²) in [6, 6.07) is 10.7. The van der Waals surface area contributed by atoms with Crippen molar-refractivity contribution in [1.29, 1.82) is 0 Å². The molecular weight excluding hydrogens is 393 g/mol. The molecule has 2 aromatic rings. The fraction of sp³-hybridized carbons (Fsp3) is 0.167. The number of nitrogens with two attached hydrogens (primary N) is 1. The number of rotatable bonds is 3. The topological polar surface area (TPSA) is 96.0 Å². The first-order valence-electron chi connectivity index (χ1n) is 7.95. The highest BCUT2D eigenvalue weighted by molar-refractivity contribution is 8.15. The third-order valence-corrected chi connectivity index (χ3v) is 6.08. The van der Waals surface area contributed by atoms with Gasteiger partial charge in [-0.25, -0.2) is 4.39 Å². The van der Waals surface area contributed by atoms with E-state index in [9.17, 15) is 19.1 Å². The first-order chi connectivity index (χ1) is 12.8. The maximum Gasteiger partial charge on any atom is 0.265 e. The number of amides is 2. The van der Waals surface area contributed by atoms with Crippen molar-refractivity contribution in [2.24, 2.45) is 10.7 Å². The third-order valence-electron chi connectivity index (χ3n) is 4.62. The molecule has 0 bridgehead atoms. The van der Waals surface area contributed by atoms with Crippen molar-refractivity contribution in [2.45, 2.75) is 17.4 Å². The van der Waals surface area contributed by atoms with E-state index in [4.69, 9.17) is 17.3 Å². The van der Waals surface area contributed by atoms with E-state index in [2.05, 4.69) is 4.99 Å². The highest BCUT2D eigenvalue weighted by Crippen LogP contribution is 2.48. The van der Waals surface area contributed by atoms with E-state index in [0.717, 1.165) is 11.8 Å². The molecule has 2 aromatic carbocycles. The number of hydrogen-bond acceptors (Lipinski definition) is 5. The van der Waals surface area contributed by atoms with Crippen LogP contribution in [0.3, 0.4) is 0 Å². The lowest BCUT2D eigenvalue weighted by molar-refractivity contribution is -0.140. The predicted octanol–water partition coefficient (Wildman–Crippen LogP) is 2.17. The van der Waals surface area contributed by atoms with Crippen molar-refractivity contribution in [3.05, 3.63) is 64.4 Å². The van der Waals surface area contributed by atoms with E-state index in [-0.39, 0.29) is 27.9 Å². The first kappa shape index (κ1) is 18.0. The molecule has 2 amide bonds. The van der Waals surface area contributed by atoms with Gasteiger partial charge in [0.2, 0.25) is 0 Å². The van der Waals surface area contributed by atoms with E-state index < -0.39 is 28.5 Å². The molecule has 0 saturated carbocycles. The van der Waals surface area contributed by atoms with Gasteiger partial charge >= 0.3 is 0 Å². The molecule has 0 spiro atoms. The fourth-order valence-electron chi connectivity index (χ4n) is 3.34. The van der Waals surface area contributed by atoms with Crippen molar-refractivity contribution < 1.29 is 19.1 Å². The number of nitrogens with zero attached hydrogens (tertiary/aromatic N) is 2. The maximum atomic E-state index is 14.2. The zero-order valence-electron chi connectivity index (χ0n) is 13.7. The number of halogens is 2. The Kier molecular flexibility index (Phi) is 4.21. The molecule has 4 rings (SSSR count). The normalized spacial score (nSPS) is 24.3. The van der Waals surface area contributed by atoms with Gasteiger partial charge in [-0.2, -0.15) is 4.99 Å². The molecule has 2 aliphatic rings. The van der Waals surface area contributed by atoms with Gasteiger partial charge < -0.3 is 15.7 Å². The Morgan fingerprint density at radius 1 is 1.26 bits per heavy atom. The van der Waals surface area contributed by atoms with Crippen LogP contribution < -0.4 is 10.6 Å². The van der Waals surface area contributed by atoms with E-state index >= 15 is 0 Å². The summed E-state index contributed by atoms with van der Waals surface area (Å²) in [6.45, 7) is -0.189. The zero-order valence-corrected chi connectivity index (χ0v) is 15.3. The summed E-state index contributed by atoms with van der Waals surface area (Å²) in [5.41, 5.74) is 4.19. The quantitative estimate of drug-likeness (QED) is 0.815. The highest BCUT2D eigenvalue weighted by Gasteiger charge is 2.59. The summed E-state index contributed by atoms with van der Waals surface area (Å²) in [5, 5.41) is 10.2. The molecule has 2 heterocycles. The monoisotopic (exact) mass is 405 g/mol. The molecule has 0 fully saturated rings. The van der Waals surface area contributed by atoms with Crippen LogP contribution in [0.5, 0.6) is 0 Å². The smallest absolute Gasteiger partial charge is 0.265 e. The number of thioether (sulfide) groups is 1. The number of amidine groups is 1. The van der Waals surface area contributed by atoms with Crippen molar-refractivity contribution in [1.82, 2.24) is 0 Å². The molecule has 0 aliphatic carbocycles. The Morgan fingerprint density at radius 3 is 2.67 bits per heavy atom. The minimum atomic E-state index is -2.15. The average molecular weight is 406 g/mol. The third kappa shape index (κ3) is 2.63. The van der Waals surface area contributed by atoms with Crippen molar-refractivity contribution in [3.8, 4) is 0 Å². The van der Waals surface area contributed by atoms with Gasteiger partial charge in [0.25, 0.3) is 11.8 Å². The molecule has 2 atom stereocenters. The van der Waals surface area contributed by atoms with Crippen molar-refractivity contribution in [3.63, 3.8) is 0 Å². The van der Waals surface area contributed by atoms with Crippen LogP contribution in [0, 0.1) is 5.82 Å². The van der Waals surface area contributed by atoms with Crippen LogP contribution >= 0.6 is 23.4 Å². The second-order valence-corrected chi connectivity index (χ2v) is 7.69. The van der Waals surface area contributed by atoms with Crippen LogP contribution in [0.1, 0.15) is 11.1 Å². The Balaban J connectivity index is 1.80. The molecule has 2 unspecified atom stereocenters. The number of aliphatic hydroxyl groups is 1. The summed E-state index contributed by atoms with van der Waals surface area (Å²) in [6.07, 6.45) is 0. The molecule has 27 heavy (non-hydrogen) atoms. The van der Waals surface area contributed by atoms with Gasteiger partial charge in [0.1, 0.15) is 11.1 Å². The summed E-state index contributed by atoms with van der Waals surface area (Å²) in [5.74, 6) is -2.00. The minimum absolute atomic E-state index is 0.0145. The van der Waals surface area contributed by atoms with Crippen LogP contribution in [0.25, 0.3) is 0 Å². The van der Waals surface area contributed by atoms with Gasteiger partial charge in [0, 0.05) is 16.1 Å². The van der Waals surface area contributed by atoms with Crippen LogP contribution in [0.2, 0.25) is 5.02 Å². The number of benzene rings is 2. The largest absolute Gasteiger partial charge is 0.378 e. The van der Waals surface area contributed by atoms with Crippen molar-refractivity contribution >= 4 is 46.0 Å². The van der Waals surface area contributed by atoms with Crippen molar-refractivity contribution in [2.75, 3.05) is 4.90 Å². The van der Waals surface area contributed by atoms with Gasteiger partial charge in [-0.1, -0.05) is 47.6 Å². The molecule has 2 aliphatic heterocycles. The molecular formula is C18H13ClFN3O3S. The van der Waals surface area contributed by atoms with Crippen LogP contribution in [-0.4, -0.2) is 27.3 Å². The van der Waals surface area contributed by atoms with Gasteiger partial charge in [0.15, 0.2) is 10.8 Å². The standard InChI is InChI=1S/C18H13ClFN3O3S/c19-11-5-3-6-12(20)9(11)8-23-13-7-2-1-4-10(13)18(26,16(23)25)14-15(24)22-17(21)27-14/h1-7,14,26H,8H2,(H2,21,22,24). The van der Waals surface area contributed by atoms with Gasteiger partial charge in [0.05, 0.1) is 12.2 Å². The number of aliphatic imine (C=N–C) groups is 1. The Bertz CT molecular complexity index is 995. The molecule has 0 saturated heterocycles. The second kappa shape index (κ2) is 6.33. The lowest BCUT2D eigenvalue weighted by Crippen LogP contribution is -2.49. The second-order valence-electron chi connectivity index (χ2n) is 6.16. The first-order valence-corrected chi connectivity index (χ1v) is 9.21. The summed E-state index contributed by atoms with van der Waals surface area (Å²) in [4.78, 5) is 30.2. The van der Waals surface area contributed by atoms with Gasteiger partial charge in [-0.3, -0.25) is 9.59 Å². The molecule has 0 radical (unpaired) electrons. The molecule has 138 valence electrons. The number of anilines is 1. The molecule has 3 N–H and O–H groups in total. The van der Waals surface area contributed by atoms with E-state index in [1.54, 1.807) is 24.3 Å². The Labute approximate surface area is 162 Å². The van der Waals surface area contributed by atoms with E-state index in [1.807, 2.05) is 0 Å². The Morgan fingerprint density at radius 2 is 2.00 bits per heavy atom. The number of carbonyl (C=O) groups is 2. The Hall–Kier alpha value is -2.42. The van der Waals surface area contributed by atoms with Crippen LogP contribution in [0.15, 0.2) is 47.5 Å². The lowest BCUT2D eigenvalue weighted by atomic mass is 9.91. The van der Waals surface area contributed by atoms with Crippen LogP contribution in [0.4, 0.5) is 10.1 Å². The number of fused-ring (bicyclic) bond motifs is 1. The highest BCUT2D eigenvalue weighted by atomic mass is 35.5. The summed E-state index contributed by atoms with van der Waals surface area (Å²) < 4.78 is 14.2. The average Bonchev–Trinajstić information content (AvgIpc) is 3.08. The van der Waals surface area contributed by atoms with E-state index in [0.29, 0.717) is 5.69 Å². The van der Waals surface area contributed by atoms with Crippen LogP contribution in [-0.2, 0) is 21.7 Å². The van der Waals surface area contributed by atoms with Gasteiger partial charge in [-0.05, 0) is 18.2 Å². The van der Waals surface area contributed by atoms with E-state index in [1.165, 1.54) is 23.1 Å². The molecule has 6 nitrogen and oxygen atoms in total. The summed E-state index contributed by atoms with van der Waals surface area (Å²) in [7, 11) is 0. The number of para-hydroxylation sites is 1. The molecule has 9 heteroatoms. The number of hydrogen-bond donors (Lipinski definition) is 2. The number of carbonyl (C=O) groups excluding carboxylic acids is 2. The van der Waals surface area contributed by atoms with Gasteiger partial charge in [-0.15, -0.1) is 0 Å². The zero-order chi connectivity index (χ0) is 19.3. The fourth-order valence-corrected chi connectivity index (χ4v) is 4.50. The lowest BCUT2D eigenvalue weighted by Gasteiger charge is -2.26. The maximum absolute atomic E-state index is 14.2. The SMILES string of the molecule is NC1=NC(=O)C(C2(O)C(=O)N(Cc3c(F)cccc3Cl)c3ccccc32)S1. The molecule has 0 aromatic heterocycles.